The maximum atomic E-state index is 13.0. The lowest BCUT2D eigenvalue weighted by Gasteiger charge is -2.09. The fourth-order valence-corrected chi connectivity index (χ4v) is 1.30. The third-order valence-corrected chi connectivity index (χ3v) is 2.35. The standard InChI is InChI=1S/C9H10BrFN2O2/c1-15-9(14)4-13-8-2-5(10)6(11)3-7(8)12/h2-3,13H,4,12H2,1H3. The summed E-state index contributed by atoms with van der Waals surface area (Å²) in [6, 6.07) is 2.64. The number of anilines is 2. The maximum Gasteiger partial charge on any atom is 0.325 e. The Kier molecular flexibility index (Phi) is 3.90. The second kappa shape index (κ2) is 4.97. The molecular weight excluding hydrogens is 267 g/mol. The van der Waals surface area contributed by atoms with Crippen molar-refractivity contribution in [1.29, 1.82) is 0 Å². The van der Waals surface area contributed by atoms with E-state index in [2.05, 4.69) is 26.0 Å². The zero-order valence-electron chi connectivity index (χ0n) is 8.01. The minimum absolute atomic E-state index is 0.0151. The van der Waals surface area contributed by atoms with Gasteiger partial charge in [0.2, 0.25) is 0 Å². The molecule has 15 heavy (non-hydrogen) atoms. The van der Waals surface area contributed by atoms with E-state index >= 15 is 0 Å². The van der Waals surface area contributed by atoms with Gasteiger partial charge < -0.3 is 15.8 Å². The molecule has 0 bridgehead atoms. The Morgan fingerprint density at radius 2 is 2.33 bits per heavy atom. The van der Waals surface area contributed by atoms with Gasteiger partial charge in [-0.15, -0.1) is 0 Å². The van der Waals surface area contributed by atoms with Crippen LogP contribution in [0.25, 0.3) is 0 Å². The first-order valence-corrected chi connectivity index (χ1v) is 4.89. The van der Waals surface area contributed by atoms with Crippen molar-refractivity contribution in [2.45, 2.75) is 0 Å². The average Bonchev–Trinajstić information content (AvgIpc) is 2.21. The molecule has 3 N–H and O–H groups in total. The van der Waals surface area contributed by atoms with E-state index in [-0.39, 0.29) is 16.7 Å². The summed E-state index contributed by atoms with van der Waals surface area (Å²) in [5.74, 6) is -0.869. The Labute approximate surface area is 94.7 Å². The normalized spacial score (nSPS) is 9.80. The molecule has 1 aromatic rings. The number of nitrogens with one attached hydrogen (secondary N) is 1. The largest absolute Gasteiger partial charge is 0.468 e. The molecular formula is C9H10BrFN2O2. The monoisotopic (exact) mass is 276 g/mol. The quantitative estimate of drug-likeness (QED) is 0.652. The summed E-state index contributed by atoms with van der Waals surface area (Å²) in [6.07, 6.45) is 0. The van der Waals surface area contributed by atoms with Gasteiger partial charge in [-0.1, -0.05) is 0 Å². The smallest absolute Gasteiger partial charge is 0.325 e. The molecule has 0 aliphatic heterocycles. The van der Waals surface area contributed by atoms with E-state index in [0.717, 1.165) is 0 Å². The minimum atomic E-state index is -0.448. The van der Waals surface area contributed by atoms with E-state index in [1.165, 1.54) is 19.2 Å². The highest BCUT2D eigenvalue weighted by molar-refractivity contribution is 9.10. The number of carbonyl (C=O) groups is 1. The average molecular weight is 277 g/mol. The van der Waals surface area contributed by atoms with Gasteiger partial charge in [0.15, 0.2) is 0 Å². The molecule has 82 valence electrons. The molecule has 1 aromatic carbocycles. The number of rotatable bonds is 3. The van der Waals surface area contributed by atoms with Crippen LogP contribution >= 0.6 is 15.9 Å². The molecule has 4 nitrogen and oxygen atoms in total. The molecule has 0 saturated carbocycles. The summed E-state index contributed by atoms with van der Waals surface area (Å²) in [6.45, 7) is -0.0151. The number of hydrogen-bond donors (Lipinski definition) is 2. The van der Waals surface area contributed by atoms with Crippen LogP contribution in [0.4, 0.5) is 15.8 Å². The molecule has 0 radical (unpaired) electrons. The van der Waals surface area contributed by atoms with Gasteiger partial charge in [0.1, 0.15) is 12.4 Å². The summed E-state index contributed by atoms with van der Waals surface area (Å²) >= 11 is 3.02. The predicted molar refractivity (Wildman–Crippen MR) is 59.0 cm³/mol. The van der Waals surface area contributed by atoms with Crippen LogP contribution in [0.5, 0.6) is 0 Å². The van der Waals surface area contributed by atoms with Crippen molar-refractivity contribution < 1.29 is 13.9 Å². The van der Waals surface area contributed by atoms with Crippen LogP contribution in [0.2, 0.25) is 0 Å². The van der Waals surface area contributed by atoms with Gasteiger partial charge in [0, 0.05) is 6.07 Å². The first-order valence-electron chi connectivity index (χ1n) is 4.09. The van der Waals surface area contributed by atoms with Crippen LogP contribution in [-0.4, -0.2) is 19.6 Å². The van der Waals surface area contributed by atoms with Crippen LogP contribution < -0.4 is 11.1 Å². The topological polar surface area (TPSA) is 64.3 Å². The van der Waals surface area contributed by atoms with Gasteiger partial charge in [-0.3, -0.25) is 4.79 Å². The van der Waals surface area contributed by atoms with Crippen molar-refractivity contribution in [3.05, 3.63) is 22.4 Å². The number of nitrogen functional groups attached to an aromatic ring is 1. The molecule has 0 amide bonds. The SMILES string of the molecule is COC(=O)CNc1cc(Br)c(F)cc1N. The molecule has 1 rings (SSSR count). The summed E-state index contributed by atoms with van der Waals surface area (Å²) in [5.41, 5.74) is 6.26. The van der Waals surface area contributed by atoms with E-state index in [4.69, 9.17) is 5.73 Å². The lowest BCUT2D eigenvalue weighted by Crippen LogP contribution is -2.15. The van der Waals surface area contributed by atoms with Gasteiger partial charge in [-0.05, 0) is 22.0 Å². The summed E-state index contributed by atoms with van der Waals surface area (Å²) < 4.78 is 17.7. The van der Waals surface area contributed by atoms with Crippen molar-refractivity contribution in [1.82, 2.24) is 0 Å². The number of nitrogens with two attached hydrogens (primary N) is 1. The molecule has 0 fully saturated rings. The van der Waals surface area contributed by atoms with Crippen LogP contribution in [0.15, 0.2) is 16.6 Å². The minimum Gasteiger partial charge on any atom is -0.468 e. The fourth-order valence-electron chi connectivity index (χ4n) is 0.955. The molecule has 0 aliphatic carbocycles. The molecule has 6 heteroatoms. The molecule has 0 aliphatic rings. The lowest BCUT2D eigenvalue weighted by atomic mass is 10.2. The summed E-state index contributed by atoms with van der Waals surface area (Å²) in [7, 11) is 1.29. The first-order chi connectivity index (χ1) is 7.04. The number of esters is 1. The van der Waals surface area contributed by atoms with Crippen molar-refractivity contribution in [3.63, 3.8) is 0 Å². The Morgan fingerprint density at radius 3 is 2.93 bits per heavy atom. The molecule has 0 unspecified atom stereocenters. The highest BCUT2D eigenvalue weighted by Gasteiger charge is 2.07. The molecule has 0 atom stereocenters. The second-order valence-corrected chi connectivity index (χ2v) is 3.64. The first kappa shape index (κ1) is 11.8. The fraction of sp³-hybridized carbons (Fsp3) is 0.222. The third-order valence-electron chi connectivity index (χ3n) is 1.74. The van der Waals surface area contributed by atoms with E-state index in [1.54, 1.807) is 0 Å². The van der Waals surface area contributed by atoms with E-state index in [1.807, 2.05) is 0 Å². The van der Waals surface area contributed by atoms with Crippen molar-refractivity contribution in [3.8, 4) is 0 Å². The van der Waals surface area contributed by atoms with Crippen LogP contribution in [-0.2, 0) is 9.53 Å². The number of carbonyl (C=O) groups excluding carboxylic acids is 1. The number of hydrogen-bond acceptors (Lipinski definition) is 4. The second-order valence-electron chi connectivity index (χ2n) is 2.78. The molecule has 0 spiro atoms. The molecule has 0 saturated heterocycles. The van der Waals surface area contributed by atoms with Gasteiger partial charge >= 0.3 is 5.97 Å². The van der Waals surface area contributed by atoms with Gasteiger partial charge in [0.05, 0.1) is 23.0 Å². The number of methoxy groups -OCH3 is 1. The maximum absolute atomic E-state index is 13.0. The van der Waals surface area contributed by atoms with E-state index in [9.17, 15) is 9.18 Å². The number of ether oxygens (including phenoxy) is 1. The number of halogens is 2. The van der Waals surface area contributed by atoms with Gasteiger partial charge in [-0.25, -0.2) is 4.39 Å². The lowest BCUT2D eigenvalue weighted by molar-refractivity contribution is -0.138. The predicted octanol–water partition coefficient (Wildman–Crippen LogP) is 1.76. The summed E-state index contributed by atoms with van der Waals surface area (Å²) in [5, 5.41) is 2.74. The summed E-state index contributed by atoms with van der Waals surface area (Å²) in [4.78, 5) is 10.8. The van der Waals surface area contributed by atoms with Gasteiger partial charge in [-0.2, -0.15) is 0 Å². The molecule has 0 aromatic heterocycles. The van der Waals surface area contributed by atoms with Crippen molar-refractivity contribution in [2.75, 3.05) is 24.7 Å². The highest BCUT2D eigenvalue weighted by Crippen LogP contribution is 2.26. The molecule has 0 heterocycles. The third kappa shape index (κ3) is 3.09. The number of benzene rings is 1. The van der Waals surface area contributed by atoms with Gasteiger partial charge in [0.25, 0.3) is 0 Å². The van der Waals surface area contributed by atoms with Crippen molar-refractivity contribution in [2.24, 2.45) is 0 Å². The Bertz CT molecular complexity index is 385. The van der Waals surface area contributed by atoms with Crippen LogP contribution in [0, 0.1) is 5.82 Å². The Morgan fingerprint density at radius 1 is 1.67 bits per heavy atom. The highest BCUT2D eigenvalue weighted by atomic mass is 79.9. The van der Waals surface area contributed by atoms with E-state index in [0.29, 0.717) is 5.69 Å². The Balaban J connectivity index is 2.77. The van der Waals surface area contributed by atoms with Crippen molar-refractivity contribution >= 4 is 33.3 Å². The van der Waals surface area contributed by atoms with E-state index < -0.39 is 11.8 Å². The zero-order chi connectivity index (χ0) is 11.4. The zero-order valence-corrected chi connectivity index (χ0v) is 9.60. The van der Waals surface area contributed by atoms with Crippen LogP contribution in [0.3, 0.4) is 0 Å². The Hall–Kier alpha value is -1.30. The van der Waals surface area contributed by atoms with Crippen LogP contribution in [0.1, 0.15) is 0 Å².